The number of sulfonamides is 1. The molecule has 0 aliphatic heterocycles. The molecule has 0 aromatic heterocycles. The van der Waals surface area contributed by atoms with Crippen LogP contribution in [0.2, 0.25) is 0 Å². The largest absolute Gasteiger partial charge is 0.493 e. The maximum absolute atomic E-state index is 14.1. The van der Waals surface area contributed by atoms with E-state index in [0.717, 1.165) is 22.7 Å². The summed E-state index contributed by atoms with van der Waals surface area (Å²) in [6.45, 7) is 3.98. The molecular weight excluding hydrogens is 542 g/mol. The fourth-order valence-corrected chi connectivity index (χ4v) is 5.86. The number of methoxy groups -OCH3 is 2. The highest BCUT2D eigenvalue weighted by molar-refractivity contribution is 7.92. The lowest BCUT2D eigenvalue weighted by molar-refractivity contribution is -0.140. The fraction of sp³-hybridized carbons (Fsp3) is 0.355. The third kappa shape index (κ3) is 8.00. The van der Waals surface area contributed by atoms with Gasteiger partial charge in [-0.1, -0.05) is 68.8 Å². The topological polar surface area (TPSA) is 105 Å². The molecular formula is C31H39N3O6S. The Morgan fingerprint density at radius 2 is 1.51 bits per heavy atom. The average molecular weight is 582 g/mol. The third-order valence-corrected chi connectivity index (χ3v) is 8.46. The van der Waals surface area contributed by atoms with Crippen LogP contribution in [0, 0.1) is 0 Å². The van der Waals surface area contributed by atoms with Crippen LogP contribution in [0.1, 0.15) is 38.7 Å². The summed E-state index contributed by atoms with van der Waals surface area (Å²) in [6.07, 6.45) is 2.09. The van der Waals surface area contributed by atoms with E-state index in [0.29, 0.717) is 24.5 Å². The third-order valence-electron chi connectivity index (χ3n) is 6.68. The van der Waals surface area contributed by atoms with Crippen LogP contribution in [0.3, 0.4) is 0 Å². The van der Waals surface area contributed by atoms with E-state index in [4.69, 9.17) is 9.47 Å². The molecule has 1 atom stereocenters. The molecule has 1 N–H and O–H groups in total. The number of nitrogens with one attached hydrogen (secondary N) is 1. The molecule has 0 aliphatic rings. The summed E-state index contributed by atoms with van der Waals surface area (Å²) in [5, 5.41) is 2.93. The van der Waals surface area contributed by atoms with Crippen LogP contribution >= 0.6 is 0 Å². The fourth-order valence-electron chi connectivity index (χ4n) is 4.43. The summed E-state index contributed by atoms with van der Waals surface area (Å²) < 4.78 is 39.7. The van der Waals surface area contributed by atoms with Gasteiger partial charge in [0.05, 0.1) is 24.8 Å². The number of hydrogen-bond donors (Lipinski definition) is 1. The first-order valence-electron chi connectivity index (χ1n) is 13.7. The second-order valence-corrected chi connectivity index (χ2v) is 11.3. The number of unbranched alkanes of at least 4 members (excludes halogenated alkanes) is 1. The molecule has 0 saturated heterocycles. The minimum Gasteiger partial charge on any atom is -0.493 e. The summed E-state index contributed by atoms with van der Waals surface area (Å²) in [6, 6.07) is 21.1. The van der Waals surface area contributed by atoms with Gasteiger partial charge in [0, 0.05) is 19.2 Å². The molecule has 41 heavy (non-hydrogen) atoms. The van der Waals surface area contributed by atoms with Crippen LogP contribution in [0.15, 0.2) is 83.8 Å². The van der Waals surface area contributed by atoms with Crippen molar-refractivity contribution in [2.24, 2.45) is 0 Å². The first-order valence-corrected chi connectivity index (χ1v) is 15.1. The molecule has 3 rings (SSSR count). The minimum absolute atomic E-state index is 0.0292. The number of hydrogen-bond acceptors (Lipinski definition) is 6. The summed E-state index contributed by atoms with van der Waals surface area (Å²) in [5.74, 6) is -0.0526. The van der Waals surface area contributed by atoms with Crippen LogP contribution < -0.4 is 19.1 Å². The van der Waals surface area contributed by atoms with Crippen molar-refractivity contribution < 1.29 is 27.5 Å². The molecule has 0 heterocycles. The van der Waals surface area contributed by atoms with Crippen LogP contribution in [0.25, 0.3) is 0 Å². The zero-order valence-corrected chi connectivity index (χ0v) is 24.9. The highest BCUT2D eigenvalue weighted by Crippen LogP contribution is 2.34. The Morgan fingerprint density at radius 1 is 0.878 bits per heavy atom. The van der Waals surface area contributed by atoms with Gasteiger partial charge in [-0.3, -0.25) is 13.9 Å². The van der Waals surface area contributed by atoms with Crippen LogP contribution in [0.5, 0.6) is 11.5 Å². The van der Waals surface area contributed by atoms with Crippen molar-refractivity contribution in [1.29, 1.82) is 0 Å². The monoisotopic (exact) mass is 581 g/mol. The van der Waals surface area contributed by atoms with Crippen molar-refractivity contribution in [2.75, 3.05) is 31.6 Å². The molecule has 0 aliphatic carbocycles. The SMILES string of the molecule is CCCCNC(=O)C(CC)N(Cc1ccccc1)C(=O)CN(c1ccc(OC)c(OC)c1)S(=O)(=O)c1ccccc1. The molecule has 1 unspecified atom stereocenters. The van der Waals surface area contributed by atoms with Crippen molar-refractivity contribution in [3.63, 3.8) is 0 Å². The van der Waals surface area contributed by atoms with Crippen molar-refractivity contribution in [3.05, 3.63) is 84.4 Å². The van der Waals surface area contributed by atoms with Gasteiger partial charge in [-0.2, -0.15) is 0 Å². The lowest BCUT2D eigenvalue weighted by atomic mass is 10.1. The zero-order valence-electron chi connectivity index (χ0n) is 24.1. The van der Waals surface area contributed by atoms with Gasteiger partial charge in [0.15, 0.2) is 11.5 Å². The minimum atomic E-state index is -4.18. The molecule has 2 amide bonds. The van der Waals surface area contributed by atoms with Gasteiger partial charge < -0.3 is 19.7 Å². The van der Waals surface area contributed by atoms with E-state index in [-0.39, 0.29) is 23.0 Å². The Labute approximate surface area is 243 Å². The molecule has 0 radical (unpaired) electrons. The van der Waals surface area contributed by atoms with Crippen LogP contribution in [-0.2, 0) is 26.2 Å². The Kier molecular flexibility index (Phi) is 11.6. The second kappa shape index (κ2) is 15.1. The summed E-state index contributed by atoms with van der Waals surface area (Å²) >= 11 is 0. The summed E-state index contributed by atoms with van der Waals surface area (Å²) in [5.41, 5.74) is 1.05. The number of rotatable bonds is 15. The molecule has 0 spiro atoms. The molecule has 10 heteroatoms. The van der Waals surface area contributed by atoms with E-state index in [9.17, 15) is 18.0 Å². The second-order valence-electron chi connectivity index (χ2n) is 9.44. The normalized spacial score (nSPS) is 11.8. The van der Waals surface area contributed by atoms with E-state index in [1.165, 1.54) is 37.3 Å². The number of carbonyl (C=O) groups excluding carboxylic acids is 2. The molecule has 220 valence electrons. The van der Waals surface area contributed by atoms with Gasteiger partial charge >= 0.3 is 0 Å². The first kappa shape index (κ1) is 31.5. The Balaban J connectivity index is 2.06. The van der Waals surface area contributed by atoms with E-state index in [1.807, 2.05) is 44.2 Å². The van der Waals surface area contributed by atoms with Gasteiger partial charge in [-0.05, 0) is 42.7 Å². The maximum atomic E-state index is 14.1. The number of anilines is 1. The average Bonchev–Trinajstić information content (AvgIpc) is 3.00. The van der Waals surface area contributed by atoms with E-state index in [2.05, 4.69) is 5.32 Å². The highest BCUT2D eigenvalue weighted by atomic mass is 32.2. The van der Waals surface area contributed by atoms with Gasteiger partial charge in [0.25, 0.3) is 10.0 Å². The van der Waals surface area contributed by atoms with Crippen molar-refractivity contribution >= 4 is 27.5 Å². The Morgan fingerprint density at radius 3 is 2.10 bits per heavy atom. The summed E-state index contributed by atoms with van der Waals surface area (Å²) in [7, 11) is -1.25. The molecule has 3 aromatic rings. The lowest BCUT2D eigenvalue weighted by Crippen LogP contribution is -2.52. The predicted octanol–water partition coefficient (Wildman–Crippen LogP) is 4.62. The number of ether oxygens (including phenoxy) is 2. The van der Waals surface area contributed by atoms with Gasteiger partial charge in [0.1, 0.15) is 12.6 Å². The molecule has 0 fully saturated rings. The number of benzene rings is 3. The van der Waals surface area contributed by atoms with E-state index < -0.39 is 28.5 Å². The quantitative estimate of drug-likeness (QED) is 0.263. The predicted molar refractivity (Wildman–Crippen MR) is 160 cm³/mol. The smallest absolute Gasteiger partial charge is 0.264 e. The first-order chi connectivity index (χ1) is 19.8. The molecule has 9 nitrogen and oxygen atoms in total. The van der Waals surface area contributed by atoms with Crippen LogP contribution in [-0.4, -0.2) is 58.5 Å². The molecule has 0 saturated carbocycles. The highest BCUT2D eigenvalue weighted by Gasteiger charge is 2.34. The van der Waals surface area contributed by atoms with Crippen LogP contribution in [0.4, 0.5) is 5.69 Å². The number of carbonyl (C=O) groups is 2. The summed E-state index contributed by atoms with van der Waals surface area (Å²) in [4.78, 5) is 28.8. The number of amides is 2. The molecule has 0 bridgehead atoms. The van der Waals surface area contributed by atoms with Crippen molar-refractivity contribution in [2.45, 2.75) is 50.6 Å². The lowest BCUT2D eigenvalue weighted by Gasteiger charge is -2.33. The van der Waals surface area contributed by atoms with Gasteiger partial charge in [-0.15, -0.1) is 0 Å². The van der Waals surface area contributed by atoms with Gasteiger partial charge in [0.2, 0.25) is 11.8 Å². The van der Waals surface area contributed by atoms with Gasteiger partial charge in [-0.25, -0.2) is 8.42 Å². The molecule has 3 aromatic carbocycles. The standard InChI is InChI=1S/C31H39N3O6S/c1-5-7-20-32-31(36)27(6-2)33(22-24-14-10-8-11-15-24)30(35)23-34(41(37,38)26-16-12-9-13-17-26)25-18-19-28(39-3)29(21-25)40-4/h8-19,21,27H,5-7,20,22-23H2,1-4H3,(H,32,36). The zero-order chi connectivity index (χ0) is 29.8. The van der Waals surface area contributed by atoms with Crippen molar-refractivity contribution in [1.82, 2.24) is 10.2 Å². The number of nitrogens with zero attached hydrogens (tertiary/aromatic N) is 2. The Hall–Kier alpha value is -4.05. The Bertz CT molecular complexity index is 1380. The maximum Gasteiger partial charge on any atom is 0.264 e. The van der Waals surface area contributed by atoms with E-state index in [1.54, 1.807) is 30.3 Å². The van der Waals surface area contributed by atoms with E-state index >= 15 is 0 Å². The van der Waals surface area contributed by atoms with Crippen molar-refractivity contribution in [3.8, 4) is 11.5 Å².